The van der Waals surface area contributed by atoms with Crippen molar-refractivity contribution in [3.63, 3.8) is 0 Å². The van der Waals surface area contributed by atoms with Crippen LogP contribution >= 0.6 is 0 Å². The highest BCUT2D eigenvalue weighted by Crippen LogP contribution is 2.23. The SMILES string of the molecule is CC(O)CNCC(=O)N1CCc2[nH]c(=O)c3ccccc3c2C1. The van der Waals surface area contributed by atoms with E-state index >= 15 is 0 Å². The molecule has 1 aromatic heterocycles. The normalized spacial score (nSPS) is 15.5. The summed E-state index contributed by atoms with van der Waals surface area (Å²) in [5, 5.41) is 13.8. The predicted octanol–water partition coefficient (Wildman–Crippen LogP) is 0.383. The van der Waals surface area contributed by atoms with Gasteiger partial charge in [-0.15, -0.1) is 0 Å². The van der Waals surface area contributed by atoms with Crippen LogP contribution in [0.25, 0.3) is 10.8 Å². The Morgan fingerprint density at radius 1 is 1.39 bits per heavy atom. The number of H-pyrrole nitrogens is 1. The lowest BCUT2D eigenvalue weighted by Gasteiger charge is -2.29. The van der Waals surface area contributed by atoms with Crippen LogP contribution in [0.2, 0.25) is 0 Å². The summed E-state index contributed by atoms with van der Waals surface area (Å²) in [4.78, 5) is 29.1. The molecule has 0 aliphatic carbocycles. The van der Waals surface area contributed by atoms with Gasteiger partial charge in [-0.25, -0.2) is 0 Å². The summed E-state index contributed by atoms with van der Waals surface area (Å²) in [7, 11) is 0. The maximum Gasteiger partial charge on any atom is 0.256 e. The number of aliphatic hydroxyl groups excluding tert-OH is 1. The molecule has 0 saturated heterocycles. The van der Waals surface area contributed by atoms with E-state index in [0.29, 0.717) is 31.4 Å². The average molecular weight is 315 g/mol. The molecule has 2 heterocycles. The van der Waals surface area contributed by atoms with E-state index in [9.17, 15) is 14.7 Å². The highest BCUT2D eigenvalue weighted by Gasteiger charge is 2.23. The van der Waals surface area contributed by atoms with Gasteiger partial charge in [-0.1, -0.05) is 18.2 Å². The molecule has 2 aromatic rings. The van der Waals surface area contributed by atoms with Crippen LogP contribution in [0.4, 0.5) is 0 Å². The van der Waals surface area contributed by atoms with Gasteiger partial charge in [-0.3, -0.25) is 9.59 Å². The first-order chi connectivity index (χ1) is 11.1. The van der Waals surface area contributed by atoms with Crippen LogP contribution in [-0.2, 0) is 17.8 Å². The number of nitrogens with zero attached hydrogens (tertiary/aromatic N) is 1. The van der Waals surface area contributed by atoms with Crippen LogP contribution in [0.15, 0.2) is 29.1 Å². The fraction of sp³-hybridized carbons (Fsp3) is 0.412. The Kier molecular flexibility index (Phi) is 4.45. The van der Waals surface area contributed by atoms with E-state index in [1.54, 1.807) is 17.9 Å². The second kappa shape index (κ2) is 6.52. The third-order valence-electron chi connectivity index (χ3n) is 4.17. The molecule has 0 saturated carbocycles. The molecule has 1 aliphatic rings. The Hall–Kier alpha value is -2.18. The van der Waals surface area contributed by atoms with Crippen LogP contribution in [0.5, 0.6) is 0 Å². The van der Waals surface area contributed by atoms with Crippen molar-refractivity contribution >= 4 is 16.7 Å². The number of hydrogen-bond donors (Lipinski definition) is 3. The Bertz CT molecular complexity index is 782. The fourth-order valence-electron chi connectivity index (χ4n) is 3.01. The van der Waals surface area contributed by atoms with Crippen LogP contribution in [0.3, 0.4) is 0 Å². The number of carbonyl (C=O) groups excluding carboxylic acids is 1. The lowest BCUT2D eigenvalue weighted by atomic mass is 9.99. The molecule has 1 aliphatic heterocycles. The molecule has 1 unspecified atom stereocenters. The molecule has 3 N–H and O–H groups in total. The largest absolute Gasteiger partial charge is 0.392 e. The van der Waals surface area contributed by atoms with Crippen molar-refractivity contribution in [2.75, 3.05) is 19.6 Å². The zero-order chi connectivity index (χ0) is 16.4. The summed E-state index contributed by atoms with van der Waals surface area (Å²) in [6.07, 6.45) is 0.177. The van der Waals surface area contributed by atoms with Gasteiger partial charge in [0, 0.05) is 37.1 Å². The molecule has 3 rings (SSSR count). The van der Waals surface area contributed by atoms with Crippen LogP contribution in [0.1, 0.15) is 18.2 Å². The third kappa shape index (κ3) is 3.28. The van der Waals surface area contributed by atoms with Crippen LogP contribution < -0.4 is 10.9 Å². The van der Waals surface area contributed by atoms with E-state index in [4.69, 9.17) is 0 Å². The smallest absolute Gasteiger partial charge is 0.256 e. The van der Waals surface area contributed by atoms with Gasteiger partial charge in [0.2, 0.25) is 5.91 Å². The molecular formula is C17H21N3O3. The molecule has 0 fully saturated rings. The number of rotatable bonds is 4. The summed E-state index contributed by atoms with van der Waals surface area (Å²) in [5.41, 5.74) is 1.88. The highest BCUT2D eigenvalue weighted by molar-refractivity contribution is 5.86. The summed E-state index contributed by atoms with van der Waals surface area (Å²) >= 11 is 0. The van der Waals surface area contributed by atoms with Gasteiger partial charge in [0.25, 0.3) is 5.56 Å². The van der Waals surface area contributed by atoms with E-state index in [0.717, 1.165) is 16.6 Å². The predicted molar refractivity (Wildman–Crippen MR) is 88.2 cm³/mol. The molecule has 1 atom stereocenters. The molecule has 0 spiro atoms. The molecule has 0 radical (unpaired) electrons. The molecule has 23 heavy (non-hydrogen) atoms. The van der Waals surface area contributed by atoms with E-state index in [1.807, 2.05) is 18.2 Å². The average Bonchev–Trinajstić information content (AvgIpc) is 2.54. The number of aliphatic hydroxyl groups is 1. The lowest BCUT2D eigenvalue weighted by Crippen LogP contribution is -2.43. The summed E-state index contributed by atoms with van der Waals surface area (Å²) in [5.74, 6) is 0.00609. The first kappa shape index (κ1) is 15.7. The molecule has 6 heteroatoms. The zero-order valence-electron chi connectivity index (χ0n) is 13.1. The number of aromatic nitrogens is 1. The standard InChI is InChI=1S/C17H21N3O3/c1-11(21)8-18-9-16(22)20-7-6-15-14(10-20)12-4-2-3-5-13(12)17(23)19-15/h2-5,11,18,21H,6-10H2,1H3,(H,19,23). The topological polar surface area (TPSA) is 85.4 Å². The monoisotopic (exact) mass is 315 g/mol. The first-order valence-corrected chi connectivity index (χ1v) is 7.85. The number of pyridine rings is 1. The third-order valence-corrected chi connectivity index (χ3v) is 4.17. The lowest BCUT2D eigenvalue weighted by molar-refractivity contribution is -0.131. The zero-order valence-corrected chi connectivity index (χ0v) is 13.1. The number of benzene rings is 1. The Morgan fingerprint density at radius 3 is 2.87 bits per heavy atom. The van der Waals surface area contributed by atoms with Gasteiger partial charge in [0.15, 0.2) is 0 Å². The number of nitrogens with one attached hydrogen (secondary N) is 2. The number of amides is 1. The van der Waals surface area contributed by atoms with Crippen molar-refractivity contribution in [1.82, 2.24) is 15.2 Å². The van der Waals surface area contributed by atoms with Gasteiger partial charge >= 0.3 is 0 Å². The summed E-state index contributed by atoms with van der Waals surface area (Å²) in [6.45, 7) is 3.38. The maximum atomic E-state index is 12.3. The Balaban J connectivity index is 1.81. The maximum absolute atomic E-state index is 12.3. The van der Waals surface area contributed by atoms with Crippen molar-refractivity contribution < 1.29 is 9.90 Å². The Morgan fingerprint density at radius 2 is 2.13 bits per heavy atom. The summed E-state index contributed by atoms with van der Waals surface area (Å²) < 4.78 is 0. The van der Waals surface area contributed by atoms with E-state index in [1.165, 1.54) is 0 Å². The van der Waals surface area contributed by atoms with Crippen LogP contribution in [-0.4, -0.2) is 46.6 Å². The minimum atomic E-state index is -0.473. The van der Waals surface area contributed by atoms with Crippen molar-refractivity contribution in [3.05, 3.63) is 45.9 Å². The number of hydrogen-bond acceptors (Lipinski definition) is 4. The van der Waals surface area contributed by atoms with Crippen molar-refractivity contribution in [1.29, 1.82) is 0 Å². The second-order valence-electron chi connectivity index (χ2n) is 6.00. The van der Waals surface area contributed by atoms with Gasteiger partial charge < -0.3 is 20.3 Å². The molecule has 6 nitrogen and oxygen atoms in total. The van der Waals surface area contributed by atoms with Crippen molar-refractivity contribution in [2.24, 2.45) is 0 Å². The molecular weight excluding hydrogens is 294 g/mol. The van der Waals surface area contributed by atoms with E-state index in [2.05, 4.69) is 10.3 Å². The van der Waals surface area contributed by atoms with Gasteiger partial charge in [-0.2, -0.15) is 0 Å². The van der Waals surface area contributed by atoms with Gasteiger partial charge in [-0.05, 0) is 23.9 Å². The van der Waals surface area contributed by atoms with Crippen LogP contribution in [0, 0.1) is 0 Å². The number of fused-ring (bicyclic) bond motifs is 3. The summed E-state index contributed by atoms with van der Waals surface area (Å²) in [6, 6.07) is 7.49. The number of carbonyl (C=O) groups is 1. The molecule has 0 bridgehead atoms. The van der Waals surface area contributed by atoms with Crippen molar-refractivity contribution in [2.45, 2.75) is 26.0 Å². The van der Waals surface area contributed by atoms with Gasteiger partial charge in [0.1, 0.15) is 0 Å². The number of aromatic amines is 1. The molecule has 122 valence electrons. The van der Waals surface area contributed by atoms with Crippen molar-refractivity contribution in [3.8, 4) is 0 Å². The fourth-order valence-corrected chi connectivity index (χ4v) is 3.01. The highest BCUT2D eigenvalue weighted by atomic mass is 16.3. The minimum Gasteiger partial charge on any atom is -0.392 e. The van der Waals surface area contributed by atoms with Gasteiger partial charge in [0.05, 0.1) is 12.6 Å². The Labute approximate surface area is 134 Å². The molecule has 1 aromatic carbocycles. The van der Waals surface area contributed by atoms with E-state index in [-0.39, 0.29) is 18.0 Å². The quantitative estimate of drug-likeness (QED) is 0.761. The minimum absolute atomic E-state index is 0.00609. The second-order valence-corrected chi connectivity index (χ2v) is 6.00. The first-order valence-electron chi connectivity index (χ1n) is 7.85. The molecule has 1 amide bonds. The van der Waals surface area contributed by atoms with E-state index < -0.39 is 6.10 Å².